The predicted octanol–water partition coefficient (Wildman–Crippen LogP) is 2.64. The lowest BCUT2D eigenvalue weighted by molar-refractivity contribution is -0.137. The maximum absolute atomic E-state index is 12.7. The van der Waals surface area contributed by atoms with Gasteiger partial charge in [0.15, 0.2) is 0 Å². The van der Waals surface area contributed by atoms with Crippen molar-refractivity contribution in [2.24, 2.45) is 5.10 Å². The van der Waals surface area contributed by atoms with Crippen LogP contribution in [0, 0.1) is 0 Å². The Balaban J connectivity index is 2.33. The summed E-state index contributed by atoms with van der Waals surface area (Å²) in [4.78, 5) is 12.9. The van der Waals surface area contributed by atoms with Crippen molar-refractivity contribution in [2.45, 2.75) is 24.2 Å². The zero-order valence-electron chi connectivity index (χ0n) is 15.6. The Hall–Kier alpha value is -3.07. The first kappa shape index (κ1) is 21.2. The lowest BCUT2D eigenvalue weighted by atomic mass is 10.0. The number of aliphatic carboxylic acids is 1. The maximum atomic E-state index is 12.7. The van der Waals surface area contributed by atoms with Crippen LogP contribution < -0.4 is 14.3 Å². The number of sulfonamides is 1. The molecule has 0 atom stereocenters. The standard InChI is InChI=1S/C19H22N2O6S/c1-26-15-11-12-17(27-2)18(13-15)28(24,25)21-20-16(9-6-10-19(22)23)14-7-4-3-5-8-14/h3-5,7-8,11-13,21H,6,9-10H2,1-2H3,(H,22,23). The van der Waals surface area contributed by atoms with Crippen LogP contribution in [0.4, 0.5) is 0 Å². The van der Waals surface area contributed by atoms with E-state index < -0.39 is 16.0 Å². The van der Waals surface area contributed by atoms with Crippen molar-refractivity contribution in [3.63, 3.8) is 0 Å². The highest BCUT2D eigenvalue weighted by molar-refractivity contribution is 7.89. The number of hydrogen-bond donors (Lipinski definition) is 2. The second-order valence-electron chi connectivity index (χ2n) is 5.78. The first-order valence-electron chi connectivity index (χ1n) is 8.45. The van der Waals surface area contributed by atoms with Gasteiger partial charge in [-0.05, 0) is 30.5 Å². The molecule has 0 radical (unpaired) electrons. The van der Waals surface area contributed by atoms with Gasteiger partial charge in [0.05, 0.1) is 19.9 Å². The Morgan fingerprint density at radius 2 is 1.79 bits per heavy atom. The molecule has 0 bridgehead atoms. The molecule has 0 aliphatic heterocycles. The van der Waals surface area contributed by atoms with Gasteiger partial charge < -0.3 is 14.6 Å². The minimum atomic E-state index is -4.04. The molecule has 0 heterocycles. The molecule has 8 nitrogen and oxygen atoms in total. The molecule has 2 aromatic carbocycles. The molecule has 2 N–H and O–H groups in total. The van der Waals surface area contributed by atoms with E-state index in [2.05, 4.69) is 9.93 Å². The summed E-state index contributed by atoms with van der Waals surface area (Å²) < 4.78 is 35.7. The van der Waals surface area contributed by atoms with Gasteiger partial charge in [0, 0.05) is 12.5 Å². The van der Waals surface area contributed by atoms with Gasteiger partial charge >= 0.3 is 5.97 Å². The topological polar surface area (TPSA) is 114 Å². The highest BCUT2D eigenvalue weighted by atomic mass is 32.2. The first-order chi connectivity index (χ1) is 13.4. The summed E-state index contributed by atoms with van der Waals surface area (Å²) in [7, 11) is -1.24. The fourth-order valence-electron chi connectivity index (χ4n) is 2.46. The zero-order chi connectivity index (χ0) is 20.6. The summed E-state index contributed by atoms with van der Waals surface area (Å²) in [5.74, 6) is -0.417. The maximum Gasteiger partial charge on any atom is 0.303 e. The average molecular weight is 406 g/mol. The normalized spacial score (nSPS) is 11.7. The second kappa shape index (κ2) is 9.75. The monoisotopic (exact) mass is 406 g/mol. The molecule has 0 aliphatic carbocycles. The molecular formula is C19H22N2O6S. The van der Waals surface area contributed by atoms with Gasteiger partial charge in [-0.2, -0.15) is 18.4 Å². The van der Waals surface area contributed by atoms with E-state index in [1.165, 1.54) is 26.4 Å². The summed E-state index contributed by atoms with van der Waals surface area (Å²) in [6.07, 6.45) is 0.587. The average Bonchev–Trinajstić information content (AvgIpc) is 2.70. The van der Waals surface area contributed by atoms with E-state index in [0.717, 1.165) is 0 Å². The third kappa shape index (κ3) is 5.71. The molecule has 0 saturated carbocycles. The van der Waals surface area contributed by atoms with E-state index in [4.69, 9.17) is 14.6 Å². The van der Waals surface area contributed by atoms with Gasteiger partial charge in [0.2, 0.25) is 0 Å². The van der Waals surface area contributed by atoms with E-state index in [1.54, 1.807) is 30.3 Å². The predicted molar refractivity (Wildman–Crippen MR) is 104 cm³/mol. The highest BCUT2D eigenvalue weighted by Gasteiger charge is 2.20. The van der Waals surface area contributed by atoms with Gasteiger partial charge in [-0.15, -0.1) is 0 Å². The van der Waals surface area contributed by atoms with Gasteiger partial charge in [-0.25, -0.2) is 0 Å². The fourth-order valence-corrected chi connectivity index (χ4v) is 3.48. The number of nitrogens with one attached hydrogen (secondary N) is 1. The molecule has 0 unspecified atom stereocenters. The van der Waals surface area contributed by atoms with Crippen molar-refractivity contribution in [3.8, 4) is 11.5 Å². The summed E-state index contributed by atoms with van der Waals surface area (Å²) in [5, 5.41) is 12.9. The number of carbonyl (C=O) groups is 1. The summed E-state index contributed by atoms with van der Waals surface area (Å²) >= 11 is 0. The summed E-state index contributed by atoms with van der Waals surface area (Å²) in [6.45, 7) is 0. The molecule has 9 heteroatoms. The van der Waals surface area contributed by atoms with Crippen LogP contribution in [0.25, 0.3) is 0 Å². The number of carboxylic acid groups (broad SMARTS) is 1. The lowest BCUT2D eigenvalue weighted by Gasteiger charge is -2.12. The number of hydrogen-bond acceptors (Lipinski definition) is 6. The fraction of sp³-hybridized carbons (Fsp3) is 0.263. The molecule has 0 amide bonds. The van der Waals surface area contributed by atoms with Crippen LogP contribution in [-0.2, 0) is 14.8 Å². The Bertz CT molecular complexity index is 942. The SMILES string of the molecule is COc1ccc(OC)c(S(=O)(=O)NN=C(CCCC(=O)O)c2ccccc2)c1. The molecular weight excluding hydrogens is 384 g/mol. The molecule has 0 fully saturated rings. The quantitative estimate of drug-likeness (QED) is 0.463. The summed E-state index contributed by atoms with van der Waals surface area (Å²) in [6, 6.07) is 13.4. The number of hydrazone groups is 1. The van der Waals surface area contributed by atoms with Crippen molar-refractivity contribution < 1.29 is 27.8 Å². The molecule has 2 aromatic rings. The number of carboxylic acids is 1. The van der Waals surface area contributed by atoms with Crippen molar-refractivity contribution >= 4 is 21.7 Å². The number of ether oxygens (including phenoxy) is 2. The van der Waals surface area contributed by atoms with Crippen LogP contribution >= 0.6 is 0 Å². The zero-order valence-corrected chi connectivity index (χ0v) is 16.4. The van der Waals surface area contributed by atoms with Crippen molar-refractivity contribution in [1.29, 1.82) is 0 Å². The van der Waals surface area contributed by atoms with Gasteiger partial charge in [-0.1, -0.05) is 30.3 Å². The Labute approximate surface area is 163 Å². The smallest absolute Gasteiger partial charge is 0.303 e. The van der Waals surface area contributed by atoms with Gasteiger partial charge in [0.1, 0.15) is 16.4 Å². The highest BCUT2D eigenvalue weighted by Crippen LogP contribution is 2.28. The minimum absolute atomic E-state index is 0.0394. The van der Waals surface area contributed by atoms with Gasteiger partial charge in [0.25, 0.3) is 10.0 Å². The van der Waals surface area contributed by atoms with E-state index in [-0.39, 0.29) is 17.1 Å². The van der Waals surface area contributed by atoms with Crippen LogP contribution in [0.2, 0.25) is 0 Å². The molecule has 2 rings (SSSR count). The van der Waals surface area contributed by atoms with E-state index >= 15 is 0 Å². The van der Waals surface area contributed by atoms with Gasteiger partial charge in [-0.3, -0.25) is 4.79 Å². The van der Waals surface area contributed by atoms with E-state index in [1.807, 2.05) is 6.07 Å². The number of benzene rings is 2. The molecule has 28 heavy (non-hydrogen) atoms. The van der Waals surface area contributed by atoms with Crippen LogP contribution in [0.1, 0.15) is 24.8 Å². The molecule has 0 aromatic heterocycles. The van der Waals surface area contributed by atoms with Crippen LogP contribution in [-0.4, -0.2) is 39.4 Å². The second-order valence-corrected chi connectivity index (χ2v) is 7.41. The third-order valence-corrected chi connectivity index (χ3v) is 5.10. The van der Waals surface area contributed by atoms with Crippen LogP contribution in [0.15, 0.2) is 58.5 Å². The first-order valence-corrected chi connectivity index (χ1v) is 9.93. The Morgan fingerprint density at radius 3 is 2.39 bits per heavy atom. The summed E-state index contributed by atoms with van der Waals surface area (Å²) in [5.41, 5.74) is 1.14. The Kier molecular flexibility index (Phi) is 7.39. The molecule has 0 spiro atoms. The van der Waals surface area contributed by atoms with Crippen molar-refractivity contribution in [2.75, 3.05) is 14.2 Å². The molecule has 0 aliphatic rings. The van der Waals surface area contributed by atoms with E-state index in [0.29, 0.717) is 29.9 Å². The molecule has 150 valence electrons. The number of nitrogens with zero attached hydrogens (tertiary/aromatic N) is 1. The Morgan fingerprint density at radius 1 is 1.07 bits per heavy atom. The van der Waals surface area contributed by atoms with Crippen LogP contribution in [0.5, 0.6) is 11.5 Å². The number of rotatable bonds is 10. The minimum Gasteiger partial charge on any atom is -0.497 e. The largest absolute Gasteiger partial charge is 0.497 e. The van der Waals surface area contributed by atoms with Crippen molar-refractivity contribution in [3.05, 3.63) is 54.1 Å². The molecule has 0 saturated heterocycles. The lowest BCUT2D eigenvalue weighted by Crippen LogP contribution is -2.21. The third-order valence-electron chi connectivity index (χ3n) is 3.87. The number of methoxy groups -OCH3 is 2. The van der Waals surface area contributed by atoms with E-state index in [9.17, 15) is 13.2 Å². The van der Waals surface area contributed by atoms with Crippen molar-refractivity contribution in [1.82, 2.24) is 4.83 Å². The van der Waals surface area contributed by atoms with Crippen LogP contribution in [0.3, 0.4) is 0 Å².